The second kappa shape index (κ2) is 10.8. The topological polar surface area (TPSA) is 115 Å². The van der Waals surface area contributed by atoms with Gasteiger partial charge in [-0.05, 0) is 57.2 Å². The average molecular weight is 390 g/mol. The minimum atomic E-state index is -0.545. The van der Waals surface area contributed by atoms with Gasteiger partial charge in [-0.15, -0.1) is 0 Å². The van der Waals surface area contributed by atoms with Gasteiger partial charge in [0.15, 0.2) is 0 Å². The van der Waals surface area contributed by atoms with Gasteiger partial charge in [0.2, 0.25) is 11.8 Å². The summed E-state index contributed by atoms with van der Waals surface area (Å²) in [7, 11) is 0. The van der Waals surface area contributed by atoms with Crippen molar-refractivity contribution < 1.29 is 19.1 Å². The van der Waals surface area contributed by atoms with Crippen LogP contribution in [-0.4, -0.2) is 52.9 Å². The maximum absolute atomic E-state index is 12.8. The quantitative estimate of drug-likeness (QED) is 0.549. The maximum atomic E-state index is 12.8. The smallest absolute Gasteiger partial charge is 0.307 e. The number of carbonyl (C=O) groups excluding carboxylic acids is 3. The fraction of sp³-hybridized carbons (Fsp3) is 0.600. The number of esters is 1. The van der Waals surface area contributed by atoms with Crippen LogP contribution in [-0.2, 0) is 25.5 Å². The number of aromatic nitrogens is 1. The van der Waals surface area contributed by atoms with E-state index in [1.54, 1.807) is 26.1 Å². The number of anilines is 1. The van der Waals surface area contributed by atoms with E-state index in [1.807, 2.05) is 6.07 Å². The van der Waals surface area contributed by atoms with Crippen molar-refractivity contribution in [3.8, 4) is 0 Å². The Morgan fingerprint density at radius 3 is 2.75 bits per heavy atom. The molecule has 28 heavy (non-hydrogen) atoms. The molecule has 1 aliphatic rings. The largest absolute Gasteiger partial charge is 0.466 e. The van der Waals surface area contributed by atoms with Crippen LogP contribution in [0.2, 0.25) is 0 Å². The number of nitrogens with zero attached hydrogens (tertiary/aromatic N) is 2. The average Bonchev–Trinajstić information content (AvgIpc) is 3.45. The van der Waals surface area contributed by atoms with Gasteiger partial charge in [-0.2, -0.15) is 0 Å². The highest BCUT2D eigenvalue weighted by molar-refractivity contribution is 5.97. The van der Waals surface area contributed by atoms with E-state index in [0.717, 1.165) is 18.4 Å². The molecule has 0 aromatic carbocycles. The lowest BCUT2D eigenvalue weighted by Crippen LogP contribution is -2.48. The molecule has 3 N–H and O–H groups in total. The van der Waals surface area contributed by atoms with Crippen LogP contribution in [0.25, 0.3) is 0 Å². The van der Waals surface area contributed by atoms with Gasteiger partial charge in [0.25, 0.3) is 0 Å². The molecular weight excluding hydrogens is 360 g/mol. The van der Waals surface area contributed by atoms with Crippen molar-refractivity contribution in [1.82, 2.24) is 15.2 Å². The number of rotatable bonds is 11. The highest BCUT2D eigenvalue weighted by atomic mass is 16.5. The van der Waals surface area contributed by atoms with Crippen molar-refractivity contribution in [1.29, 1.82) is 0 Å². The van der Waals surface area contributed by atoms with E-state index in [9.17, 15) is 14.4 Å². The first-order chi connectivity index (χ1) is 13.4. The number of hydrogen-bond donors (Lipinski definition) is 2. The second-order valence-corrected chi connectivity index (χ2v) is 7.11. The van der Waals surface area contributed by atoms with Crippen LogP contribution in [0.4, 0.5) is 5.82 Å². The lowest BCUT2D eigenvalue weighted by Gasteiger charge is -2.27. The Kier molecular flexibility index (Phi) is 8.38. The molecule has 1 saturated carbocycles. The molecule has 1 aliphatic carbocycles. The van der Waals surface area contributed by atoms with E-state index in [0.29, 0.717) is 24.7 Å². The van der Waals surface area contributed by atoms with E-state index in [-0.39, 0.29) is 37.8 Å². The van der Waals surface area contributed by atoms with Crippen molar-refractivity contribution in [2.45, 2.75) is 64.5 Å². The molecule has 0 spiro atoms. The monoisotopic (exact) mass is 390 g/mol. The molecule has 8 nitrogen and oxygen atoms in total. The Morgan fingerprint density at radius 2 is 2.11 bits per heavy atom. The number of ether oxygens (including phenoxy) is 1. The van der Waals surface area contributed by atoms with E-state index >= 15 is 0 Å². The number of nitrogens with two attached hydrogens (primary N) is 1. The van der Waals surface area contributed by atoms with Crippen LogP contribution in [0.15, 0.2) is 18.3 Å². The molecule has 2 amide bonds. The van der Waals surface area contributed by atoms with Crippen LogP contribution in [0, 0.1) is 0 Å². The lowest BCUT2D eigenvalue weighted by atomic mass is 10.1. The molecular formula is C20H30N4O4. The summed E-state index contributed by atoms with van der Waals surface area (Å²) in [4.78, 5) is 42.4. The molecule has 1 fully saturated rings. The Bertz CT molecular complexity index is 691. The van der Waals surface area contributed by atoms with E-state index < -0.39 is 12.0 Å². The minimum absolute atomic E-state index is 0.00433. The van der Waals surface area contributed by atoms with Crippen molar-refractivity contribution in [2.75, 3.05) is 18.9 Å². The van der Waals surface area contributed by atoms with Gasteiger partial charge in [0, 0.05) is 24.7 Å². The highest BCUT2D eigenvalue weighted by Crippen LogP contribution is 2.19. The molecule has 1 unspecified atom stereocenters. The lowest BCUT2D eigenvalue weighted by molar-refractivity contribution is -0.150. The number of carbonyl (C=O) groups is 3. The third kappa shape index (κ3) is 7.26. The fourth-order valence-electron chi connectivity index (χ4n) is 3.00. The summed E-state index contributed by atoms with van der Waals surface area (Å²) in [5.41, 5.74) is 6.66. The first-order valence-corrected chi connectivity index (χ1v) is 9.85. The second-order valence-electron chi connectivity index (χ2n) is 7.11. The molecule has 1 atom stereocenters. The zero-order valence-corrected chi connectivity index (χ0v) is 16.6. The van der Waals surface area contributed by atoms with Crippen LogP contribution in [0.1, 0.15) is 51.5 Å². The SMILES string of the molecule is CCOC(=O)CC(C)N(C(=O)CCCc1ccnc(N)c1)C(=O)CNC1CC1. The molecule has 1 aromatic rings. The first-order valence-electron chi connectivity index (χ1n) is 9.85. The van der Waals surface area contributed by atoms with E-state index in [2.05, 4.69) is 10.3 Å². The summed E-state index contributed by atoms with van der Waals surface area (Å²) >= 11 is 0. The van der Waals surface area contributed by atoms with Gasteiger partial charge in [-0.3, -0.25) is 19.3 Å². The number of amides is 2. The van der Waals surface area contributed by atoms with Crippen molar-refractivity contribution >= 4 is 23.6 Å². The molecule has 0 bridgehead atoms. The van der Waals surface area contributed by atoms with Gasteiger partial charge >= 0.3 is 5.97 Å². The third-order valence-electron chi connectivity index (χ3n) is 4.57. The summed E-state index contributed by atoms with van der Waals surface area (Å²) < 4.78 is 4.96. The summed E-state index contributed by atoms with van der Waals surface area (Å²) in [6.07, 6.45) is 5.18. The van der Waals surface area contributed by atoms with Crippen molar-refractivity contribution in [2.24, 2.45) is 0 Å². The van der Waals surface area contributed by atoms with Crippen LogP contribution >= 0.6 is 0 Å². The Labute approximate surface area is 165 Å². The number of pyridine rings is 1. The molecule has 1 heterocycles. The summed E-state index contributed by atoms with van der Waals surface area (Å²) in [5, 5.41) is 3.13. The molecule has 1 aromatic heterocycles. The third-order valence-corrected chi connectivity index (χ3v) is 4.57. The van der Waals surface area contributed by atoms with E-state index in [1.165, 1.54) is 4.90 Å². The minimum Gasteiger partial charge on any atom is -0.466 e. The molecule has 0 aliphatic heterocycles. The van der Waals surface area contributed by atoms with Crippen LogP contribution in [0.3, 0.4) is 0 Å². The number of nitrogens with one attached hydrogen (secondary N) is 1. The highest BCUT2D eigenvalue weighted by Gasteiger charge is 2.30. The standard InChI is InChI=1S/C20H30N4O4/c1-3-28-20(27)11-14(2)24(19(26)13-23-16-7-8-16)18(25)6-4-5-15-9-10-22-17(21)12-15/h9-10,12,14,16,23H,3-8,11,13H2,1-2H3,(H2,21,22). The van der Waals surface area contributed by atoms with Crippen molar-refractivity contribution in [3.63, 3.8) is 0 Å². The first kappa shape index (κ1) is 21.8. The van der Waals surface area contributed by atoms with Gasteiger partial charge in [-0.1, -0.05) is 0 Å². The fourth-order valence-corrected chi connectivity index (χ4v) is 3.00. The zero-order chi connectivity index (χ0) is 20.5. The predicted octanol–water partition coefficient (Wildman–Crippen LogP) is 1.44. The molecule has 0 saturated heterocycles. The van der Waals surface area contributed by atoms with Gasteiger partial charge in [-0.25, -0.2) is 4.98 Å². The molecule has 0 radical (unpaired) electrons. The predicted molar refractivity (Wildman–Crippen MR) is 105 cm³/mol. The Morgan fingerprint density at radius 1 is 1.36 bits per heavy atom. The van der Waals surface area contributed by atoms with Gasteiger partial charge in [0.1, 0.15) is 5.82 Å². The van der Waals surface area contributed by atoms with Crippen molar-refractivity contribution in [3.05, 3.63) is 23.9 Å². The Hall–Kier alpha value is -2.48. The molecule has 2 rings (SSSR count). The van der Waals surface area contributed by atoms with Gasteiger partial charge < -0.3 is 15.8 Å². The molecule has 154 valence electrons. The van der Waals surface area contributed by atoms with Gasteiger partial charge in [0.05, 0.1) is 19.6 Å². The number of nitrogen functional groups attached to an aromatic ring is 1. The maximum Gasteiger partial charge on any atom is 0.307 e. The zero-order valence-electron chi connectivity index (χ0n) is 16.6. The summed E-state index contributed by atoms with van der Waals surface area (Å²) in [6, 6.07) is 3.44. The summed E-state index contributed by atoms with van der Waals surface area (Å²) in [6.45, 7) is 3.80. The van der Waals surface area contributed by atoms with Crippen LogP contribution in [0.5, 0.6) is 0 Å². The molecule has 8 heteroatoms. The van der Waals surface area contributed by atoms with E-state index in [4.69, 9.17) is 10.5 Å². The number of hydrogen-bond acceptors (Lipinski definition) is 7. The number of aryl methyl sites for hydroxylation is 1. The summed E-state index contributed by atoms with van der Waals surface area (Å²) in [5.74, 6) is -0.555. The van der Waals surface area contributed by atoms with Crippen LogP contribution < -0.4 is 11.1 Å². The normalized spacial score (nSPS) is 14.4. The Balaban J connectivity index is 1.93. The number of imide groups is 1.